The Bertz CT molecular complexity index is 747. The van der Waals surface area contributed by atoms with Crippen LogP contribution in [-0.4, -0.2) is 60.3 Å². The van der Waals surface area contributed by atoms with Gasteiger partial charge in [-0.2, -0.15) is 0 Å². The van der Waals surface area contributed by atoms with Crippen LogP contribution < -0.4 is 15.4 Å². The van der Waals surface area contributed by atoms with E-state index in [0.717, 1.165) is 32.1 Å². The predicted molar refractivity (Wildman–Crippen MR) is 115 cm³/mol. The lowest BCUT2D eigenvalue weighted by molar-refractivity contribution is -0.138. The Hall–Kier alpha value is -2.28. The minimum absolute atomic E-state index is 0.0485. The zero-order chi connectivity index (χ0) is 21.5. The van der Waals surface area contributed by atoms with Gasteiger partial charge in [-0.25, -0.2) is 0 Å². The van der Waals surface area contributed by atoms with Gasteiger partial charge in [-0.15, -0.1) is 11.6 Å². The largest absolute Gasteiger partial charge is 0.497 e. The minimum Gasteiger partial charge on any atom is -0.497 e. The van der Waals surface area contributed by atoms with Crippen LogP contribution in [0.1, 0.15) is 55.3 Å². The highest BCUT2D eigenvalue weighted by Crippen LogP contribution is 2.22. The number of nitrogens with one attached hydrogen (secondary N) is 2. The summed E-state index contributed by atoms with van der Waals surface area (Å²) >= 11 is 5.68. The molecule has 1 atom stereocenters. The van der Waals surface area contributed by atoms with Crippen LogP contribution >= 0.6 is 11.6 Å². The van der Waals surface area contributed by atoms with E-state index in [2.05, 4.69) is 10.6 Å². The van der Waals surface area contributed by atoms with Gasteiger partial charge in [0.2, 0.25) is 11.8 Å². The van der Waals surface area contributed by atoms with Crippen molar-refractivity contribution in [2.45, 2.75) is 63.1 Å². The maximum Gasteiger partial charge on any atom is 0.251 e. The van der Waals surface area contributed by atoms with Crippen LogP contribution in [0.25, 0.3) is 0 Å². The van der Waals surface area contributed by atoms with Crippen LogP contribution in [0.4, 0.5) is 0 Å². The van der Waals surface area contributed by atoms with E-state index >= 15 is 0 Å². The molecule has 1 saturated heterocycles. The van der Waals surface area contributed by atoms with Gasteiger partial charge in [-0.1, -0.05) is 0 Å². The number of hydrogen-bond acceptors (Lipinski definition) is 4. The highest BCUT2D eigenvalue weighted by Gasteiger charge is 2.35. The van der Waals surface area contributed by atoms with Crippen LogP contribution in [0, 0.1) is 0 Å². The highest BCUT2D eigenvalue weighted by atomic mass is 35.5. The molecule has 0 bridgehead atoms. The lowest BCUT2D eigenvalue weighted by Crippen LogP contribution is -2.50. The first-order valence-electron chi connectivity index (χ1n) is 10.6. The first-order chi connectivity index (χ1) is 14.5. The SMILES string of the molecule is COc1ccc(C(=O)NC2CCC(NC(=O)[C@@H]3CCCN3C(=O)CCCl)CC2)cc1. The van der Waals surface area contributed by atoms with Crippen LogP contribution in [0.3, 0.4) is 0 Å². The maximum absolute atomic E-state index is 12.7. The summed E-state index contributed by atoms with van der Waals surface area (Å²) in [5, 5.41) is 6.19. The molecule has 1 aromatic rings. The Kier molecular flexibility index (Phi) is 7.96. The highest BCUT2D eigenvalue weighted by molar-refractivity contribution is 6.19. The number of halogens is 1. The fourth-order valence-corrected chi connectivity index (χ4v) is 4.41. The Morgan fingerprint density at radius 1 is 1.03 bits per heavy atom. The summed E-state index contributed by atoms with van der Waals surface area (Å²) in [6.07, 6.45) is 5.05. The molecular weight excluding hydrogens is 406 g/mol. The normalized spacial score (nSPS) is 23.7. The van der Waals surface area contributed by atoms with Gasteiger partial charge in [0, 0.05) is 36.5 Å². The van der Waals surface area contributed by atoms with E-state index in [4.69, 9.17) is 16.3 Å². The summed E-state index contributed by atoms with van der Waals surface area (Å²) in [5.41, 5.74) is 0.606. The average Bonchev–Trinajstić information content (AvgIpc) is 3.25. The molecule has 1 aliphatic heterocycles. The number of methoxy groups -OCH3 is 1. The van der Waals surface area contributed by atoms with Crippen molar-refractivity contribution in [1.29, 1.82) is 0 Å². The van der Waals surface area contributed by atoms with Crippen molar-refractivity contribution in [3.05, 3.63) is 29.8 Å². The molecule has 1 aromatic carbocycles. The van der Waals surface area contributed by atoms with E-state index < -0.39 is 0 Å². The molecule has 7 nitrogen and oxygen atoms in total. The summed E-state index contributed by atoms with van der Waals surface area (Å²) in [4.78, 5) is 39.0. The summed E-state index contributed by atoms with van der Waals surface area (Å²) in [5.74, 6) is 0.780. The summed E-state index contributed by atoms with van der Waals surface area (Å²) in [7, 11) is 1.59. The molecule has 8 heteroatoms. The van der Waals surface area contributed by atoms with Gasteiger partial charge < -0.3 is 20.3 Å². The number of carbonyl (C=O) groups excluding carboxylic acids is 3. The van der Waals surface area contributed by atoms with E-state index in [1.165, 1.54) is 0 Å². The molecule has 1 heterocycles. The number of rotatable bonds is 7. The molecule has 0 spiro atoms. The van der Waals surface area contributed by atoms with Crippen LogP contribution in [0.15, 0.2) is 24.3 Å². The third-order valence-corrected chi connectivity index (χ3v) is 6.13. The molecule has 30 heavy (non-hydrogen) atoms. The summed E-state index contributed by atoms with van der Waals surface area (Å²) in [6, 6.07) is 6.83. The van der Waals surface area contributed by atoms with Crippen molar-refractivity contribution in [1.82, 2.24) is 15.5 Å². The molecule has 1 aliphatic carbocycles. The van der Waals surface area contributed by atoms with Crippen molar-refractivity contribution in [3.8, 4) is 5.75 Å². The zero-order valence-corrected chi connectivity index (χ0v) is 18.1. The lowest BCUT2D eigenvalue weighted by Gasteiger charge is -2.31. The standard InChI is InChI=1S/C22H30ClN3O4/c1-30-18-10-4-15(5-11-18)21(28)24-16-6-8-17(9-7-16)25-22(29)19-3-2-14-26(19)20(27)12-13-23/h4-5,10-11,16-17,19H,2-3,6-9,12-14H2,1H3,(H,24,28)(H,25,29)/t16?,17?,19-/m0/s1. The molecule has 0 radical (unpaired) electrons. The molecule has 1 saturated carbocycles. The maximum atomic E-state index is 12.7. The fraction of sp³-hybridized carbons (Fsp3) is 0.591. The molecule has 0 unspecified atom stereocenters. The molecule has 2 aliphatic rings. The van der Waals surface area contributed by atoms with Crippen molar-refractivity contribution in [3.63, 3.8) is 0 Å². The monoisotopic (exact) mass is 435 g/mol. The number of likely N-dealkylation sites (tertiary alicyclic amines) is 1. The average molecular weight is 436 g/mol. The summed E-state index contributed by atoms with van der Waals surface area (Å²) in [6.45, 7) is 0.623. The number of carbonyl (C=O) groups is 3. The van der Waals surface area contributed by atoms with Gasteiger partial charge in [0.1, 0.15) is 11.8 Å². The van der Waals surface area contributed by atoms with Gasteiger partial charge >= 0.3 is 0 Å². The fourth-order valence-electron chi connectivity index (χ4n) is 4.25. The molecule has 3 amide bonds. The number of alkyl halides is 1. The third-order valence-electron chi connectivity index (χ3n) is 5.95. The van der Waals surface area contributed by atoms with Gasteiger partial charge in [-0.3, -0.25) is 14.4 Å². The third kappa shape index (κ3) is 5.65. The van der Waals surface area contributed by atoms with Crippen molar-refractivity contribution in [2.75, 3.05) is 19.5 Å². The van der Waals surface area contributed by atoms with E-state index in [1.54, 1.807) is 36.3 Å². The molecule has 0 aromatic heterocycles. The van der Waals surface area contributed by atoms with Crippen molar-refractivity contribution < 1.29 is 19.1 Å². The molecule has 2 N–H and O–H groups in total. The van der Waals surface area contributed by atoms with E-state index in [-0.39, 0.29) is 48.1 Å². The quantitative estimate of drug-likeness (QED) is 0.644. The second-order valence-electron chi connectivity index (χ2n) is 7.94. The Morgan fingerprint density at radius 2 is 1.67 bits per heavy atom. The van der Waals surface area contributed by atoms with Gasteiger partial charge in [0.25, 0.3) is 5.91 Å². The van der Waals surface area contributed by atoms with E-state index in [9.17, 15) is 14.4 Å². The van der Waals surface area contributed by atoms with Crippen LogP contribution in [0.5, 0.6) is 5.75 Å². The van der Waals surface area contributed by atoms with Crippen molar-refractivity contribution in [2.24, 2.45) is 0 Å². The van der Waals surface area contributed by atoms with Crippen LogP contribution in [0.2, 0.25) is 0 Å². The topological polar surface area (TPSA) is 87.7 Å². The minimum atomic E-state index is -0.381. The van der Waals surface area contributed by atoms with Gasteiger partial charge in [0.05, 0.1) is 7.11 Å². The zero-order valence-electron chi connectivity index (χ0n) is 17.4. The first-order valence-corrected chi connectivity index (χ1v) is 11.2. The van der Waals surface area contributed by atoms with E-state index in [0.29, 0.717) is 24.3 Å². The second kappa shape index (κ2) is 10.7. The van der Waals surface area contributed by atoms with Gasteiger partial charge in [-0.05, 0) is 62.8 Å². The van der Waals surface area contributed by atoms with Crippen LogP contribution in [-0.2, 0) is 9.59 Å². The number of hydrogen-bond donors (Lipinski definition) is 2. The smallest absolute Gasteiger partial charge is 0.251 e. The summed E-state index contributed by atoms with van der Waals surface area (Å²) < 4.78 is 5.12. The first kappa shape index (κ1) is 22.4. The van der Waals surface area contributed by atoms with Gasteiger partial charge in [0.15, 0.2) is 0 Å². The Morgan fingerprint density at radius 3 is 2.27 bits per heavy atom. The number of nitrogens with zero attached hydrogens (tertiary/aromatic N) is 1. The molecule has 3 rings (SSSR count). The molecular formula is C22H30ClN3O4. The van der Waals surface area contributed by atoms with Crippen molar-refractivity contribution >= 4 is 29.3 Å². The molecule has 164 valence electrons. The Balaban J connectivity index is 1.44. The number of amides is 3. The lowest BCUT2D eigenvalue weighted by atomic mass is 9.90. The molecule has 2 fully saturated rings. The van der Waals surface area contributed by atoms with E-state index in [1.807, 2.05) is 0 Å². The number of benzene rings is 1. The number of ether oxygens (including phenoxy) is 1. The second-order valence-corrected chi connectivity index (χ2v) is 8.32. The predicted octanol–water partition coefficient (Wildman–Crippen LogP) is 2.47. The Labute approximate surface area is 182 Å².